The maximum Gasteiger partial charge on any atom is 0.0853 e. The van der Waals surface area contributed by atoms with Crippen molar-refractivity contribution in [3.05, 3.63) is 0 Å². The van der Waals surface area contributed by atoms with Gasteiger partial charge in [-0.2, -0.15) is 0 Å². The van der Waals surface area contributed by atoms with Crippen LogP contribution in [0, 0.1) is 0 Å². The lowest BCUT2D eigenvalue weighted by Gasteiger charge is -1.98. The molecule has 0 aliphatic rings. The molecule has 3 N–H and O–H groups in total. The van der Waals surface area contributed by atoms with Crippen molar-refractivity contribution >= 4 is 0 Å². The molecule has 0 amide bonds. The van der Waals surface area contributed by atoms with Crippen LogP contribution in [0.25, 0.3) is 0 Å². The van der Waals surface area contributed by atoms with E-state index < -0.39 is 0 Å². The van der Waals surface area contributed by atoms with Crippen LogP contribution in [-0.4, -0.2) is 18.4 Å². The van der Waals surface area contributed by atoms with E-state index in [4.69, 9.17) is 11.0 Å². The Bertz CT molecular complexity index is 62.7. The van der Waals surface area contributed by atoms with Gasteiger partial charge >= 0.3 is 0 Å². The van der Waals surface area contributed by atoms with Gasteiger partial charge in [-0.1, -0.05) is 24.3 Å². The molecule has 0 atom stereocenters. The molecule has 0 saturated heterocycles. The van der Waals surface area contributed by atoms with Gasteiger partial charge < -0.3 is 5.73 Å². The van der Waals surface area contributed by atoms with E-state index in [1.54, 1.807) is 0 Å². The summed E-state index contributed by atoms with van der Waals surface area (Å²) in [7, 11) is 0. The van der Waals surface area contributed by atoms with Crippen molar-refractivity contribution in [2.24, 2.45) is 5.73 Å². The van der Waals surface area contributed by atoms with Crippen molar-refractivity contribution in [3.8, 4) is 0 Å². The highest BCUT2D eigenvalue weighted by Gasteiger charge is 1.89. The number of unbranched alkanes of at least 4 members (excludes halogenated alkanes) is 4. The van der Waals surface area contributed by atoms with E-state index in [2.05, 4.69) is 9.93 Å². The first-order chi connectivity index (χ1) is 5.41. The Morgan fingerprint density at radius 2 is 1.64 bits per heavy atom. The SMILES string of the molecule is NCCCCCCCOOO. The van der Waals surface area contributed by atoms with Crippen LogP contribution >= 0.6 is 0 Å². The average Bonchev–Trinajstić information content (AvgIpc) is 2.03. The molecule has 0 saturated carbocycles. The molecule has 68 valence electrons. The van der Waals surface area contributed by atoms with Crippen LogP contribution in [0.4, 0.5) is 0 Å². The molecule has 0 heterocycles. The highest BCUT2D eigenvalue weighted by molar-refractivity contribution is 4.43. The molecule has 0 radical (unpaired) electrons. The Kier molecular flexibility index (Phi) is 9.70. The number of nitrogens with two attached hydrogens (primary N) is 1. The monoisotopic (exact) mass is 163 g/mol. The predicted octanol–water partition coefficient (Wildman–Crippen LogP) is 1.32. The van der Waals surface area contributed by atoms with Gasteiger partial charge in [-0.15, -0.1) is 0 Å². The largest absolute Gasteiger partial charge is 0.330 e. The molecule has 0 aromatic carbocycles. The first-order valence-electron chi connectivity index (χ1n) is 4.05. The Labute approximate surface area is 67.1 Å². The molecule has 0 unspecified atom stereocenters. The lowest BCUT2D eigenvalue weighted by atomic mass is 10.1. The van der Waals surface area contributed by atoms with E-state index in [0.29, 0.717) is 6.61 Å². The molecule has 0 fully saturated rings. The summed E-state index contributed by atoms with van der Waals surface area (Å²) in [6, 6.07) is 0. The smallest absolute Gasteiger partial charge is 0.0853 e. The van der Waals surface area contributed by atoms with Gasteiger partial charge in [-0.3, -0.25) is 0 Å². The van der Waals surface area contributed by atoms with Crippen molar-refractivity contribution in [2.45, 2.75) is 32.1 Å². The van der Waals surface area contributed by atoms with Crippen molar-refractivity contribution in [1.29, 1.82) is 0 Å². The summed E-state index contributed by atoms with van der Waals surface area (Å²) in [5, 5.41) is 11.2. The molecular formula is C7H17NO3. The molecule has 0 aliphatic heterocycles. The minimum Gasteiger partial charge on any atom is -0.330 e. The molecule has 0 aromatic rings. The minimum atomic E-state index is 0.457. The highest BCUT2D eigenvalue weighted by atomic mass is 17.5. The Balaban J connectivity index is 2.69. The van der Waals surface area contributed by atoms with Gasteiger partial charge in [0.1, 0.15) is 0 Å². The van der Waals surface area contributed by atoms with Crippen molar-refractivity contribution in [1.82, 2.24) is 0 Å². The summed E-state index contributed by atoms with van der Waals surface area (Å²) < 4.78 is 0. The third kappa shape index (κ3) is 9.84. The van der Waals surface area contributed by atoms with Crippen LogP contribution < -0.4 is 5.73 Å². The zero-order valence-electron chi connectivity index (χ0n) is 6.79. The van der Waals surface area contributed by atoms with Crippen molar-refractivity contribution in [3.63, 3.8) is 0 Å². The first kappa shape index (κ1) is 10.8. The molecule has 0 aromatic heterocycles. The van der Waals surface area contributed by atoms with Crippen LogP contribution in [0.2, 0.25) is 0 Å². The summed E-state index contributed by atoms with van der Waals surface area (Å²) in [6.07, 6.45) is 5.47. The van der Waals surface area contributed by atoms with Gasteiger partial charge in [0.15, 0.2) is 0 Å². The van der Waals surface area contributed by atoms with Gasteiger partial charge in [0.25, 0.3) is 0 Å². The second-order valence-electron chi connectivity index (χ2n) is 2.45. The summed E-state index contributed by atoms with van der Waals surface area (Å²) in [6.45, 7) is 1.23. The van der Waals surface area contributed by atoms with E-state index in [9.17, 15) is 0 Å². The van der Waals surface area contributed by atoms with Crippen LogP contribution in [0.1, 0.15) is 32.1 Å². The predicted molar refractivity (Wildman–Crippen MR) is 41.8 cm³/mol. The van der Waals surface area contributed by atoms with Crippen LogP contribution in [0.15, 0.2) is 0 Å². The fraction of sp³-hybridized carbons (Fsp3) is 1.00. The molecule has 4 nitrogen and oxygen atoms in total. The summed E-state index contributed by atoms with van der Waals surface area (Å²) in [4.78, 5) is 4.27. The van der Waals surface area contributed by atoms with E-state index >= 15 is 0 Å². The number of hydrogen-bond acceptors (Lipinski definition) is 4. The molecular weight excluding hydrogens is 146 g/mol. The standard InChI is InChI=1S/C7H17NO3/c8-6-4-2-1-3-5-7-10-11-9/h9H,1-8H2. The van der Waals surface area contributed by atoms with Gasteiger partial charge in [0.05, 0.1) is 6.61 Å². The summed E-state index contributed by atoms with van der Waals surface area (Å²) in [5.74, 6) is 0. The maximum atomic E-state index is 7.77. The van der Waals surface area contributed by atoms with E-state index in [1.165, 1.54) is 12.8 Å². The van der Waals surface area contributed by atoms with E-state index in [1.807, 2.05) is 0 Å². The minimum absolute atomic E-state index is 0.457. The lowest BCUT2D eigenvalue weighted by Crippen LogP contribution is -1.98. The molecule has 11 heavy (non-hydrogen) atoms. The fourth-order valence-electron chi connectivity index (χ4n) is 0.873. The van der Waals surface area contributed by atoms with Gasteiger partial charge in [0.2, 0.25) is 0 Å². The van der Waals surface area contributed by atoms with Gasteiger partial charge in [0, 0.05) is 0 Å². The lowest BCUT2D eigenvalue weighted by molar-refractivity contribution is -0.490. The third-order valence-electron chi connectivity index (χ3n) is 1.48. The molecule has 0 spiro atoms. The Morgan fingerprint density at radius 1 is 1.00 bits per heavy atom. The fourth-order valence-corrected chi connectivity index (χ4v) is 0.873. The van der Waals surface area contributed by atoms with Crippen LogP contribution in [-0.2, 0) is 9.93 Å². The van der Waals surface area contributed by atoms with Crippen LogP contribution in [0.5, 0.6) is 0 Å². The third-order valence-corrected chi connectivity index (χ3v) is 1.48. The van der Waals surface area contributed by atoms with E-state index in [-0.39, 0.29) is 0 Å². The zero-order chi connectivity index (χ0) is 8.36. The van der Waals surface area contributed by atoms with Crippen molar-refractivity contribution < 1.29 is 15.2 Å². The molecule has 4 heteroatoms. The Hall–Kier alpha value is -0.160. The number of rotatable bonds is 8. The molecule has 0 aliphatic carbocycles. The normalized spacial score (nSPS) is 10.4. The van der Waals surface area contributed by atoms with Crippen LogP contribution in [0.3, 0.4) is 0 Å². The number of hydrogen-bond donors (Lipinski definition) is 2. The maximum absolute atomic E-state index is 7.77. The van der Waals surface area contributed by atoms with Crippen molar-refractivity contribution in [2.75, 3.05) is 13.2 Å². The topological polar surface area (TPSA) is 64.7 Å². The molecule has 0 rings (SSSR count). The highest BCUT2D eigenvalue weighted by Crippen LogP contribution is 2.01. The first-order valence-corrected chi connectivity index (χ1v) is 4.05. The Morgan fingerprint density at radius 3 is 2.27 bits per heavy atom. The second-order valence-corrected chi connectivity index (χ2v) is 2.45. The average molecular weight is 163 g/mol. The van der Waals surface area contributed by atoms with Gasteiger partial charge in [-0.05, 0) is 19.4 Å². The van der Waals surface area contributed by atoms with Gasteiger partial charge in [-0.25, -0.2) is 10.1 Å². The second kappa shape index (κ2) is 9.84. The summed E-state index contributed by atoms with van der Waals surface area (Å²) in [5.41, 5.74) is 5.31. The van der Waals surface area contributed by atoms with E-state index in [0.717, 1.165) is 25.8 Å². The quantitative estimate of drug-likeness (QED) is 0.322. The zero-order valence-corrected chi connectivity index (χ0v) is 6.79. The molecule has 0 bridgehead atoms. The summed E-state index contributed by atoms with van der Waals surface area (Å²) >= 11 is 0.